The molecule has 2 rings (SSSR count). The SMILES string of the molecule is C1CNCC2(C1)CCSC2. The van der Waals surface area contributed by atoms with E-state index in [1.807, 2.05) is 0 Å². The number of rotatable bonds is 0. The van der Waals surface area contributed by atoms with E-state index in [0.717, 1.165) is 5.41 Å². The summed E-state index contributed by atoms with van der Waals surface area (Å²) in [7, 11) is 0. The molecule has 2 fully saturated rings. The molecule has 0 aliphatic carbocycles. The first-order valence-electron chi connectivity index (χ1n) is 4.20. The number of thioether (sulfide) groups is 1. The number of hydrogen-bond acceptors (Lipinski definition) is 2. The van der Waals surface area contributed by atoms with Crippen LogP contribution in [0, 0.1) is 5.41 Å². The predicted octanol–water partition coefficient (Wildman–Crippen LogP) is 1.49. The summed E-state index contributed by atoms with van der Waals surface area (Å²) < 4.78 is 0. The highest BCUT2D eigenvalue weighted by Crippen LogP contribution is 2.40. The maximum atomic E-state index is 3.50. The second-order valence-corrected chi connectivity index (χ2v) is 4.69. The van der Waals surface area contributed by atoms with Gasteiger partial charge < -0.3 is 5.32 Å². The second-order valence-electron chi connectivity index (χ2n) is 3.58. The molecule has 2 saturated heterocycles. The van der Waals surface area contributed by atoms with Crippen molar-refractivity contribution in [1.29, 1.82) is 0 Å². The van der Waals surface area contributed by atoms with E-state index in [2.05, 4.69) is 17.1 Å². The average molecular weight is 157 g/mol. The van der Waals surface area contributed by atoms with Crippen molar-refractivity contribution in [3.63, 3.8) is 0 Å². The smallest absolute Gasteiger partial charge is 0.00160 e. The van der Waals surface area contributed by atoms with Crippen LogP contribution in [0.4, 0.5) is 0 Å². The summed E-state index contributed by atoms with van der Waals surface area (Å²) in [6.45, 7) is 2.55. The van der Waals surface area contributed by atoms with E-state index >= 15 is 0 Å². The molecule has 10 heavy (non-hydrogen) atoms. The van der Waals surface area contributed by atoms with Crippen LogP contribution in [-0.2, 0) is 0 Å². The molecular weight excluding hydrogens is 142 g/mol. The summed E-state index contributed by atoms with van der Waals surface area (Å²) in [5.41, 5.74) is 0.725. The molecule has 1 nitrogen and oxygen atoms in total. The van der Waals surface area contributed by atoms with Gasteiger partial charge in [-0.1, -0.05) is 0 Å². The van der Waals surface area contributed by atoms with E-state index in [1.165, 1.54) is 43.9 Å². The fourth-order valence-corrected chi connectivity index (χ4v) is 3.56. The zero-order chi connectivity index (χ0) is 6.86. The molecule has 1 atom stereocenters. The maximum absolute atomic E-state index is 3.50. The quantitative estimate of drug-likeness (QED) is 0.572. The van der Waals surface area contributed by atoms with E-state index in [-0.39, 0.29) is 0 Å². The Labute approximate surface area is 67.0 Å². The Morgan fingerprint density at radius 3 is 2.90 bits per heavy atom. The summed E-state index contributed by atoms with van der Waals surface area (Å²) in [5.74, 6) is 2.82. The van der Waals surface area contributed by atoms with Crippen LogP contribution >= 0.6 is 11.8 Å². The van der Waals surface area contributed by atoms with Gasteiger partial charge >= 0.3 is 0 Å². The Balaban J connectivity index is 1.98. The Morgan fingerprint density at radius 1 is 1.30 bits per heavy atom. The Morgan fingerprint density at radius 2 is 2.30 bits per heavy atom. The van der Waals surface area contributed by atoms with Gasteiger partial charge in [0, 0.05) is 12.3 Å². The lowest BCUT2D eigenvalue weighted by molar-refractivity contribution is 0.245. The van der Waals surface area contributed by atoms with E-state index in [0.29, 0.717) is 0 Å². The first kappa shape index (κ1) is 6.99. The molecule has 1 unspecified atom stereocenters. The van der Waals surface area contributed by atoms with Crippen molar-refractivity contribution in [2.75, 3.05) is 24.6 Å². The van der Waals surface area contributed by atoms with Gasteiger partial charge in [0.15, 0.2) is 0 Å². The molecule has 1 spiro atoms. The third-order valence-corrected chi connectivity index (χ3v) is 4.05. The van der Waals surface area contributed by atoms with E-state index in [9.17, 15) is 0 Å². The molecule has 0 aromatic carbocycles. The third kappa shape index (κ3) is 1.19. The summed E-state index contributed by atoms with van der Waals surface area (Å²) in [6, 6.07) is 0. The normalized spacial score (nSPS) is 40.8. The molecular formula is C8H15NS. The first-order valence-corrected chi connectivity index (χ1v) is 5.35. The van der Waals surface area contributed by atoms with E-state index < -0.39 is 0 Å². The molecule has 0 aromatic rings. The Kier molecular flexibility index (Phi) is 1.92. The largest absolute Gasteiger partial charge is 0.316 e. The summed E-state index contributed by atoms with van der Waals surface area (Å²) in [6.07, 6.45) is 4.35. The zero-order valence-corrected chi connectivity index (χ0v) is 7.17. The number of hydrogen-bond donors (Lipinski definition) is 1. The van der Waals surface area contributed by atoms with Crippen LogP contribution in [0.2, 0.25) is 0 Å². The highest BCUT2D eigenvalue weighted by Gasteiger charge is 2.35. The van der Waals surface area contributed by atoms with Crippen LogP contribution in [0.3, 0.4) is 0 Å². The van der Waals surface area contributed by atoms with Gasteiger partial charge in [0.25, 0.3) is 0 Å². The minimum absolute atomic E-state index is 0.725. The van der Waals surface area contributed by atoms with Crippen LogP contribution in [-0.4, -0.2) is 24.6 Å². The first-order chi connectivity index (χ1) is 4.91. The standard InChI is InChI=1S/C8H15NS/c1-2-8(6-9-4-1)3-5-10-7-8/h9H,1-7H2. The van der Waals surface area contributed by atoms with Crippen molar-refractivity contribution in [3.05, 3.63) is 0 Å². The monoisotopic (exact) mass is 157 g/mol. The van der Waals surface area contributed by atoms with Gasteiger partial charge in [-0.25, -0.2) is 0 Å². The van der Waals surface area contributed by atoms with Crippen LogP contribution in [0.15, 0.2) is 0 Å². The number of nitrogens with one attached hydrogen (secondary N) is 1. The van der Waals surface area contributed by atoms with Gasteiger partial charge in [-0.15, -0.1) is 0 Å². The van der Waals surface area contributed by atoms with Gasteiger partial charge in [0.05, 0.1) is 0 Å². The molecule has 2 aliphatic heterocycles. The van der Waals surface area contributed by atoms with Gasteiger partial charge in [-0.2, -0.15) is 11.8 Å². The molecule has 58 valence electrons. The van der Waals surface area contributed by atoms with Crippen molar-refractivity contribution in [2.45, 2.75) is 19.3 Å². The lowest BCUT2D eigenvalue weighted by Gasteiger charge is -2.32. The average Bonchev–Trinajstić information content (AvgIpc) is 2.39. The minimum atomic E-state index is 0.725. The minimum Gasteiger partial charge on any atom is -0.316 e. The Hall–Kier alpha value is 0.310. The summed E-state index contributed by atoms with van der Waals surface area (Å²) >= 11 is 2.14. The van der Waals surface area contributed by atoms with Crippen molar-refractivity contribution >= 4 is 11.8 Å². The molecule has 2 aliphatic rings. The molecule has 2 heteroatoms. The zero-order valence-electron chi connectivity index (χ0n) is 6.36. The van der Waals surface area contributed by atoms with Crippen molar-refractivity contribution in [3.8, 4) is 0 Å². The third-order valence-electron chi connectivity index (χ3n) is 2.75. The molecule has 1 N–H and O–H groups in total. The van der Waals surface area contributed by atoms with Gasteiger partial charge in [0.1, 0.15) is 0 Å². The van der Waals surface area contributed by atoms with Crippen LogP contribution in [0.1, 0.15) is 19.3 Å². The topological polar surface area (TPSA) is 12.0 Å². The molecule has 0 radical (unpaired) electrons. The van der Waals surface area contributed by atoms with Crippen LogP contribution in [0.25, 0.3) is 0 Å². The summed E-state index contributed by atoms with van der Waals surface area (Å²) in [4.78, 5) is 0. The maximum Gasteiger partial charge on any atom is 0.00160 e. The molecule has 2 heterocycles. The van der Waals surface area contributed by atoms with Gasteiger partial charge in [-0.05, 0) is 37.0 Å². The molecule has 0 saturated carbocycles. The van der Waals surface area contributed by atoms with E-state index in [1.54, 1.807) is 0 Å². The highest BCUT2D eigenvalue weighted by molar-refractivity contribution is 7.99. The Bertz CT molecular complexity index is 110. The van der Waals surface area contributed by atoms with Crippen LogP contribution in [0.5, 0.6) is 0 Å². The highest BCUT2D eigenvalue weighted by atomic mass is 32.2. The lowest BCUT2D eigenvalue weighted by atomic mass is 9.80. The second kappa shape index (κ2) is 2.74. The molecule has 0 bridgehead atoms. The molecule has 0 amide bonds. The fraction of sp³-hybridized carbons (Fsp3) is 1.00. The van der Waals surface area contributed by atoms with Gasteiger partial charge in [-0.3, -0.25) is 0 Å². The lowest BCUT2D eigenvalue weighted by Crippen LogP contribution is -2.39. The van der Waals surface area contributed by atoms with Crippen LogP contribution < -0.4 is 5.32 Å². The molecule has 0 aromatic heterocycles. The predicted molar refractivity (Wildman–Crippen MR) is 46.5 cm³/mol. The van der Waals surface area contributed by atoms with Gasteiger partial charge in [0.2, 0.25) is 0 Å². The van der Waals surface area contributed by atoms with E-state index in [4.69, 9.17) is 0 Å². The van der Waals surface area contributed by atoms with Crippen molar-refractivity contribution in [1.82, 2.24) is 5.32 Å². The number of piperidine rings is 1. The fourth-order valence-electron chi connectivity index (χ4n) is 2.02. The van der Waals surface area contributed by atoms with Crippen molar-refractivity contribution < 1.29 is 0 Å². The summed E-state index contributed by atoms with van der Waals surface area (Å²) in [5, 5.41) is 3.50. The van der Waals surface area contributed by atoms with Crippen molar-refractivity contribution in [2.24, 2.45) is 5.41 Å².